The van der Waals surface area contributed by atoms with Crippen molar-refractivity contribution in [3.8, 4) is 0 Å². The number of aliphatic hydroxyl groups is 1. The van der Waals surface area contributed by atoms with E-state index in [2.05, 4.69) is 4.74 Å². The summed E-state index contributed by atoms with van der Waals surface area (Å²) in [5.41, 5.74) is 13.4. The Morgan fingerprint density at radius 1 is 0.659 bits per heavy atom. The first-order valence-corrected chi connectivity index (χ1v) is 10.7. The van der Waals surface area contributed by atoms with Crippen LogP contribution in [0, 0.1) is 60.9 Å². The Balaban J connectivity index is -0.000000240. The van der Waals surface area contributed by atoms with Crippen LogP contribution in [-0.4, -0.2) is 34.6 Å². The van der Waals surface area contributed by atoms with E-state index >= 15 is 0 Å². The van der Waals surface area contributed by atoms with E-state index in [0.29, 0.717) is 18.7 Å². The van der Waals surface area contributed by atoms with E-state index in [9.17, 15) is 55.8 Å². The van der Waals surface area contributed by atoms with Gasteiger partial charge in [-0.25, -0.2) is 26.3 Å². The van der Waals surface area contributed by atoms with Crippen LogP contribution in [0.1, 0.15) is 28.7 Å². The number of nitrogens with zero attached hydrogens (tertiary/aromatic N) is 2. The van der Waals surface area contributed by atoms with Crippen molar-refractivity contribution >= 4 is 34.4 Å². The lowest BCUT2D eigenvalue weighted by Gasteiger charge is -1.98. The van der Waals surface area contributed by atoms with E-state index in [1.165, 1.54) is 6.92 Å². The molecule has 0 unspecified atom stereocenters. The van der Waals surface area contributed by atoms with Crippen molar-refractivity contribution in [3.63, 3.8) is 0 Å². The van der Waals surface area contributed by atoms with Crippen LogP contribution in [0.25, 0.3) is 0 Å². The van der Waals surface area contributed by atoms with Gasteiger partial charge in [-0.05, 0) is 6.92 Å². The fourth-order valence-electron chi connectivity index (χ4n) is 2.14. The normalized spacial score (nSPS) is 8.80. The molecule has 7 N–H and O–H groups in total. The average Bonchev–Trinajstić information content (AvgIpc) is 2.89. The van der Waals surface area contributed by atoms with Crippen molar-refractivity contribution in [2.45, 2.75) is 28.7 Å². The average molecular weight is 648 g/mol. The molecule has 12 nitrogen and oxygen atoms in total. The molecule has 248 valence electrons. The molecule has 0 aliphatic rings. The van der Waals surface area contributed by atoms with Crippen LogP contribution in [0.3, 0.4) is 0 Å². The lowest BCUT2D eigenvalue weighted by atomic mass is 10.2. The Bertz CT molecular complexity index is 1270. The summed E-state index contributed by atoms with van der Waals surface area (Å²) in [6, 6.07) is 3.06. The van der Waals surface area contributed by atoms with Crippen molar-refractivity contribution in [2.75, 3.05) is 30.9 Å². The van der Waals surface area contributed by atoms with Gasteiger partial charge in [-0.3, -0.25) is 25.0 Å². The lowest BCUT2D eigenvalue weighted by molar-refractivity contribution is -0.387. The summed E-state index contributed by atoms with van der Waals surface area (Å²) in [5, 5.41) is 27.1. The van der Waals surface area contributed by atoms with Gasteiger partial charge in [0.05, 0.1) is 40.0 Å². The fraction of sp³-hybridized carbons (Fsp3) is 0.240. The summed E-state index contributed by atoms with van der Waals surface area (Å²) in [4.78, 5) is 27.9. The van der Waals surface area contributed by atoms with Crippen molar-refractivity contribution in [1.82, 2.24) is 0 Å². The van der Waals surface area contributed by atoms with Gasteiger partial charge in [0.15, 0.2) is 34.9 Å². The van der Waals surface area contributed by atoms with Gasteiger partial charge in [0.2, 0.25) is 5.82 Å². The van der Waals surface area contributed by atoms with E-state index in [1.807, 2.05) is 0 Å². The minimum absolute atomic E-state index is 0. The molecule has 3 aromatic rings. The highest BCUT2D eigenvalue weighted by molar-refractivity contribution is 5.65. The van der Waals surface area contributed by atoms with Crippen LogP contribution in [0.15, 0.2) is 36.4 Å². The number of hydrogen-bond acceptors (Lipinski definition) is 10. The van der Waals surface area contributed by atoms with Crippen molar-refractivity contribution < 1.29 is 55.2 Å². The maximum Gasteiger partial charge on any atom is 0.307 e. The monoisotopic (exact) mass is 647 g/mol. The number of ether oxygens (including phenoxy) is 1. The van der Waals surface area contributed by atoms with Crippen LogP contribution in [0.4, 0.5) is 59.2 Å². The zero-order valence-electron chi connectivity index (χ0n) is 21.8. The minimum Gasteiger partial charge on any atom is -0.466 e. The number of esters is 1. The summed E-state index contributed by atoms with van der Waals surface area (Å²) in [6.07, 6.45) is 0. The number of rotatable bonds is 3. The zero-order valence-corrected chi connectivity index (χ0v) is 21.8. The summed E-state index contributed by atoms with van der Waals surface area (Å²) >= 11 is 0. The molecule has 3 aromatic carbocycles. The van der Waals surface area contributed by atoms with Crippen molar-refractivity contribution in [1.29, 1.82) is 0 Å². The number of nitro groups is 2. The fourth-order valence-corrected chi connectivity index (χ4v) is 2.14. The molecule has 19 heteroatoms. The molecule has 0 spiro atoms. The first-order valence-electron chi connectivity index (χ1n) is 10.7. The molecule has 0 amide bonds. The molecule has 0 saturated carbocycles. The van der Waals surface area contributed by atoms with Crippen LogP contribution >= 0.6 is 0 Å². The van der Waals surface area contributed by atoms with E-state index in [-0.39, 0.29) is 50.0 Å². The summed E-state index contributed by atoms with van der Waals surface area (Å²) in [6.45, 7) is 3.65. The molecule has 0 aliphatic heterocycles. The van der Waals surface area contributed by atoms with Crippen molar-refractivity contribution in [2.24, 2.45) is 0 Å². The number of nitrogen functional groups attached to an aromatic ring is 3. The standard InChI is InChI=1S/C6H2F3NO2.C6H4F2N2O2.C6H6F2N2.C4H8O2.CH4O.2CH4/c2*7-3-1-5(9)6(10(11)12)2-4(3)8;7-3-1-5(9)6(10)2-4(3)8;1-3-6-4(2)5;1-2;;/h1-2H;1-2H,9H2;1-2H,9-10H2;3H2,1-2H3;2H,1H3;2*1H4. The van der Waals surface area contributed by atoms with E-state index in [0.717, 1.165) is 19.2 Å². The van der Waals surface area contributed by atoms with E-state index < -0.39 is 61.9 Å². The molecule has 0 heterocycles. The number of hydrogen-bond donors (Lipinski definition) is 4. The summed E-state index contributed by atoms with van der Waals surface area (Å²) in [5.74, 6) is -8.93. The largest absolute Gasteiger partial charge is 0.466 e. The summed E-state index contributed by atoms with van der Waals surface area (Å²) in [7, 11) is 1.00. The van der Waals surface area contributed by atoms with Gasteiger partial charge in [0, 0.05) is 38.3 Å². The number of nitro benzene ring substituents is 2. The SMILES string of the molecule is C.C.CCOC(C)=O.CO.Nc1cc(F)c(F)cc1N.Nc1cc(F)c(F)cc1[N+](=O)[O-].O=[N+]([O-])c1cc(F)c(F)cc1F. The molecule has 0 fully saturated rings. The third-order valence-corrected chi connectivity index (χ3v) is 3.93. The highest BCUT2D eigenvalue weighted by Crippen LogP contribution is 2.24. The molecule has 44 heavy (non-hydrogen) atoms. The second kappa shape index (κ2) is 22.4. The van der Waals surface area contributed by atoms with Gasteiger partial charge < -0.3 is 27.0 Å². The molecule has 0 atom stereocenters. The second-order valence-corrected chi connectivity index (χ2v) is 6.88. The third kappa shape index (κ3) is 16.3. The highest BCUT2D eigenvalue weighted by atomic mass is 19.2. The maximum absolute atomic E-state index is 12.4. The van der Waals surface area contributed by atoms with Gasteiger partial charge in [-0.15, -0.1) is 0 Å². The molecule has 0 bridgehead atoms. The van der Waals surface area contributed by atoms with Crippen LogP contribution in [0.5, 0.6) is 0 Å². The third-order valence-electron chi connectivity index (χ3n) is 3.93. The summed E-state index contributed by atoms with van der Waals surface area (Å²) < 4.78 is 90.5. The van der Waals surface area contributed by atoms with Gasteiger partial charge in [0.1, 0.15) is 5.69 Å². The number of carbonyl (C=O) groups excluding carboxylic acids is 1. The number of benzene rings is 3. The Kier molecular flexibility index (Phi) is 23.3. The smallest absolute Gasteiger partial charge is 0.307 e. The van der Waals surface area contributed by atoms with Gasteiger partial charge in [-0.1, -0.05) is 14.9 Å². The Hall–Kier alpha value is -5.20. The molecule has 0 aromatic heterocycles. The van der Waals surface area contributed by atoms with Gasteiger partial charge >= 0.3 is 11.7 Å². The minimum atomic E-state index is -1.45. The number of nitrogens with two attached hydrogens (primary N) is 3. The van der Waals surface area contributed by atoms with Crippen LogP contribution < -0.4 is 17.2 Å². The molecular formula is C25H32F7N5O7. The van der Waals surface area contributed by atoms with Gasteiger partial charge in [0.25, 0.3) is 5.69 Å². The molecule has 0 aliphatic carbocycles. The first kappa shape index (κ1) is 45.8. The predicted octanol–water partition coefficient (Wildman–Crippen LogP) is 6.05. The topological polar surface area (TPSA) is 211 Å². The molecule has 0 radical (unpaired) electrons. The molecule has 0 saturated heterocycles. The Morgan fingerprint density at radius 2 is 0.955 bits per heavy atom. The lowest BCUT2D eigenvalue weighted by Crippen LogP contribution is -1.98. The highest BCUT2D eigenvalue weighted by Gasteiger charge is 2.18. The number of aliphatic hydroxyl groups excluding tert-OH is 1. The van der Waals surface area contributed by atoms with Crippen LogP contribution in [-0.2, 0) is 9.53 Å². The number of halogens is 7. The Morgan fingerprint density at radius 3 is 1.25 bits per heavy atom. The number of anilines is 3. The van der Waals surface area contributed by atoms with Crippen LogP contribution in [0.2, 0.25) is 0 Å². The van der Waals surface area contributed by atoms with E-state index in [1.54, 1.807) is 6.92 Å². The predicted molar refractivity (Wildman–Crippen MR) is 149 cm³/mol. The first-order chi connectivity index (χ1) is 19.4. The molecule has 3 rings (SSSR count). The quantitative estimate of drug-likeness (QED) is 0.0646. The maximum atomic E-state index is 12.4. The number of carbonyl (C=O) groups is 1. The zero-order chi connectivity index (χ0) is 33.3. The Labute approximate surface area is 247 Å². The van der Waals surface area contributed by atoms with Crippen molar-refractivity contribution in [3.05, 3.63) is 97.3 Å². The second-order valence-electron chi connectivity index (χ2n) is 6.88. The molecular weight excluding hydrogens is 615 g/mol. The van der Waals surface area contributed by atoms with E-state index in [4.69, 9.17) is 22.3 Å². The van der Waals surface area contributed by atoms with Gasteiger partial charge in [-0.2, -0.15) is 4.39 Å².